The van der Waals surface area contributed by atoms with E-state index in [1.807, 2.05) is 0 Å². The molecule has 102 valence electrons. The number of rotatable bonds is 2. The van der Waals surface area contributed by atoms with Crippen LogP contribution in [0.1, 0.15) is 19.3 Å². The molecule has 1 saturated heterocycles. The van der Waals surface area contributed by atoms with Gasteiger partial charge < -0.3 is 15.1 Å². The van der Waals surface area contributed by atoms with Gasteiger partial charge in [-0.2, -0.15) is 13.2 Å². The summed E-state index contributed by atoms with van der Waals surface area (Å²) < 4.78 is 38.3. The normalized spacial score (nSPS) is 30.3. The lowest BCUT2D eigenvalue weighted by Crippen LogP contribution is -2.48. The van der Waals surface area contributed by atoms with Crippen LogP contribution < -0.4 is 0 Å². The van der Waals surface area contributed by atoms with Crippen LogP contribution in [0.25, 0.3) is 0 Å². The van der Waals surface area contributed by atoms with Crippen LogP contribution in [0.3, 0.4) is 0 Å². The van der Waals surface area contributed by atoms with E-state index in [0.29, 0.717) is 4.90 Å². The number of aliphatic hydroxyl groups is 1. The van der Waals surface area contributed by atoms with E-state index in [2.05, 4.69) is 0 Å². The van der Waals surface area contributed by atoms with Crippen LogP contribution in [-0.4, -0.2) is 51.9 Å². The van der Waals surface area contributed by atoms with Gasteiger partial charge in [0.2, 0.25) is 5.91 Å². The molecule has 0 aromatic rings. The van der Waals surface area contributed by atoms with Crippen LogP contribution in [0.15, 0.2) is 0 Å². The number of halogens is 3. The molecule has 0 aromatic heterocycles. The third-order valence-corrected chi connectivity index (χ3v) is 3.53. The molecule has 0 aromatic carbocycles. The smallest absolute Gasteiger partial charge is 0.403 e. The molecule has 1 aliphatic carbocycles. The van der Waals surface area contributed by atoms with Gasteiger partial charge in [0.05, 0.1) is 6.10 Å². The molecule has 2 fully saturated rings. The Morgan fingerprint density at radius 2 is 1.83 bits per heavy atom. The molecule has 1 amide bonds. The van der Waals surface area contributed by atoms with Crippen LogP contribution in [0, 0.1) is 5.41 Å². The summed E-state index contributed by atoms with van der Waals surface area (Å²) in [6, 6.07) is -1.37. The van der Waals surface area contributed by atoms with E-state index in [0.717, 1.165) is 0 Å². The van der Waals surface area contributed by atoms with E-state index in [1.54, 1.807) is 0 Å². The fourth-order valence-corrected chi connectivity index (χ4v) is 2.29. The zero-order valence-corrected chi connectivity index (χ0v) is 9.28. The number of nitrogens with zero attached hydrogens (tertiary/aromatic N) is 1. The summed E-state index contributed by atoms with van der Waals surface area (Å²) in [5, 5.41) is 18.2. The summed E-state index contributed by atoms with van der Waals surface area (Å²) >= 11 is 0. The minimum absolute atomic E-state index is 0.227. The minimum atomic E-state index is -4.67. The van der Waals surface area contributed by atoms with E-state index in [9.17, 15) is 27.9 Å². The van der Waals surface area contributed by atoms with Crippen molar-refractivity contribution in [3.63, 3.8) is 0 Å². The number of β-amino-alcohol motifs (C(OH)–C–C–N with tert-alkyl or cyclic N) is 1. The second kappa shape index (κ2) is 3.84. The minimum Gasteiger partial charge on any atom is -0.480 e. The summed E-state index contributed by atoms with van der Waals surface area (Å²) in [6.07, 6.45) is -6.60. The number of carbonyl (C=O) groups is 2. The average molecular weight is 267 g/mol. The van der Waals surface area contributed by atoms with Crippen LogP contribution >= 0.6 is 0 Å². The van der Waals surface area contributed by atoms with Gasteiger partial charge in [-0.3, -0.25) is 4.79 Å². The maximum Gasteiger partial charge on any atom is 0.403 e. The number of aliphatic hydroxyl groups excluding tert-OH is 1. The predicted molar refractivity (Wildman–Crippen MR) is 51.5 cm³/mol. The van der Waals surface area contributed by atoms with E-state index < -0.39 is 35.6 Å². The molecule has 2 aliphatic rings. The predicted octanol–water partition coefficient (Wildman–Crippen LogP) is 0.375. The molecule has 0 spiro atoms. The molecule has 2 N–H and O–H groups in total. The number of alkyl halides is 3. The van der Waals surface area contributed by atoms with Crippen LogP contribution in [0.5, 0.6) is 0 Å². The maximum atomic E-state index is 12.8. The van der Waals surface area contributed by atoms with Crippen LogP contribution in [0.4, 0.5) is 13.2 Å². The Morgan fingerprint density at radius 3 is 2.22 bits per heavy atom. The first kappa shape index (κ1) is 13.1. The van der Waals surface area contributed by atoms with E-state index in [4.69, 9.17) is 5.11 Å². The highest BCUT2D eigenvalue weighted by Gasteiger charge is 2.70. The monoisotopic (exact) mass is 267 g/mol. The summed E-state index contributed by atoms with van der Waals surface area (Å²) in [7, 11) is 0. The number of hydrogen-bond donors (Lipinski definition) is 2. The summed E-state index contributed by atoms with van der Waals surface area (Å²) in [6.45, 7) is -0.354. The van der Waals surface area contributed by atoms with Crippen molar-refractivity contribution in [1.29, 1.82) is 0 Å². The zero-order valence-electron chi connectivity index (χ0n) is 9.28. The highest BCUT2D eigenvalue weighted by Crippen LogP contribution is 2.59. The van der Waals surface area contributed by atoms with Crippen molar-refractivity contribution in [2.45, 2.75) is 37.6 Å². The Balaban J connectivity index is 2.21. The average Bonchev–Trinajstić information content (AvgIpc) is 2.95. The number of amides is 1. The second-order valence-electron chi connectivity index (χ2n) is 4.78. The second-order valence-corrected chi connectivity index (χ2v) is 4.78. The number of carboxylic acids is 1. The topological polar surface area (TPSA) is 77.8 Å². The molecule has 1 saturated carbocycles. The zero-order chi connectivity index (χ0) is 13.7. The molecule has 8 heteroatoms. The van der Waals surface area contributed by atoms with Gasteiger partial charge in [0.15, 0.2) is 0 Å². The molecular formula is C10H12F3NO4. The molecule has 2 rings (SSSR count). The Bertz CT molecular complexity index is 391. The third-order valence-electron chi connectivity index (χ3n) is 3.53. The Labute approximate surface area is 100 Å². The van der Waals surface area contributed by atoms with Crippen molar-refractivity contribution in [2.75, 3.05) is 6.54 Å². The lowest BCUT2D eigenvalue weighted by molar-refractivity contribution is -0.200. The standard InChI is InChI=1S/C10H12F3NO4/c11-10(12,13)9(1-2-9)8(18)14-4-5(15)3-6(14)7(16)17/h5-6,15H,1-4H2,(H,16,17)/t5-,6-/m0/s1. The Morgan fingerprint density at radius 1 is 1.28 bits per heavy atom. The van der Waals surface area contributed by atoms with Gasteiger partial charge >= 0.3 is 12.1 Å². The molecule has 1 aliphatic heterocycles. The molecule has 2 atom stereocenters. The highest BCUT2D eigenvalue weighted by atomic mass is 19.4. The molecule has 0 radical (unpaired) electrons. The first-order valence-corrected chi connectivity index (χ1v) is 5.48. The molecule has 1 heterocycles. The van der Waals surface area contributed by atoms with E-state index in [1.165, 1.54) is 0 Å². The SMILES string of the molecule is O=C(O)[C@@H]1C[C@H](O)CN1C(=O)C1(C(F)(F)F)CC1. The first-order valence-electron chi connectivity index (χ1n) is 5.48. The lowest BCUT2D eigenvalue weighted by Gasteiger charge is -2.27. The van der Waals surface area contributed by atoms with Gasteiger partial charge in [-0.1, -0.05) is 0 Å². The van der Waals surface area contributed by atoms with Gasteiger partial charge in [0, 0.05) is 13.0 Å². The molecule has 0 unspecified atom stereocenters. The number of carboxylic acid groups (broad SMARTS) is 1. The van der Waals surface area contributed by atoms with Crippen LogP contribution in [0.2, 0.25) is 0 Å². The quantitative estimate of drug-likeness (QED) is 0.758. The van der Waals surface area contributed by atoms with E-state index in [-0.39, 0.29) is 25.8 Å². The molecule has 18 heavy (non-hydrogen) atoms. The van der Waals surface area contributed by atoms with Crippen molar-refractivity contribution >= 4 is 11.9 Å². The van der Waals surface area contributed by atoms with Gasteiger partial charge in [-0.25, -0.2) is 4.79 Å². The van der Waals surface area contributed by atoms with Gasteiger partial charge in [0.1, 0.15) is 11.5 Å². The molecule has 5 nitrogen and oxygen atoms in total. The number of aliphatic carboxylic acids is 1. The van der Waals surface area contributed by atoms with Gasteiger partial charge in [-0.15, -0.1) is 0 Å². The molecule has 0 bridgehead atoms. The number of hydrogen-bond acceptors (Lipinski definition) is 3. The number of likely N-dealkylation sites (tertiary alicyclic amines) is 1. The van der Waals surface area contributed by atoms with Gasteiger partial charge in [-0.05, 0) is 12.8 Å². The summed E-state index contributed by atoms with van der Waals surface area (Å²) in [5.41, 5.74) is -2.43. The first-order chi connectivity index (χ1) is 8.19. The highest BCUT2D eigenvalue weighted by molar-refractivity contribution is 5.90. The number of carbonyl (C=O) groups excluding carboxylic acids is 1. The summed E-state index contributed by atoms with van der Waals surface area (Å²) in [4.78, 5) is 23.4. The molecular weight excluding hydrogens is 255 g/mol. The maximum absolute atomic E-state index is 12.8. The van der Waals surface area contributed by atoms with Crippen molar-refractivity contribution in [3.05, 3.63) is 0 Å². The fourth-order valence-electron chi connectivity index (χ4n) is 2.29. The van der Waals surface area contributed by atoms with Crippen molar-refractivity contribution in [1.82, 2.24) is 4.90 Å². The lowest BCUT2D eigenvalue weighted by atomic mass is 10.0. The van der Waals surface area contributed by atoms with Crippen molar-refractivity contribution in [3.8, 4) is 0 Å². The Hall–Kier alpha value is -1.31. The van der Waals surface area contributed by atoms with Crippen molar-refractivity contribution in [2.24, 2.45) is 5.41 Å². The van der Waals surface area contributed by atoms with E-state index >= 15 is 0 Å². The Kier molecular flexibility index (Phi) is 2.80. The largest absolute Gasteiger partial charge is 0.480 e. The van der Waals surface area contributed by atoms with Crippen LogP contribution in [-0.2, 0) is 9.59 Å². The third kappa shape index (κ3) is 1.84. The summed E-state index contributed by atoms with van der Waals surface area (Å²) in [5.74, 6) is -2.61. The van der Waals surface area contributed by atoms with Gasteiger partial charge in [0.25, 0.3) is 0 Å². The van der Waals surface area contributed by atoms with Crippen molar-refractivity contribution < 1.29 is 33.0 Å². The fraction of sp³-hybridized carbons (Fsp3) is 0.800.